The average Bonchev–Trinajstić information content (AvgIpc) is 2.21. The molecular formula is C9H15ClO4. The van der Waals surface area contributed by atoms with Crippen LogP contribution in [-0.2, 0) is 19.1 Å². The standard InChI is InChI=1S/C9H15ClO4/c1-3-5-13-8(11)7(10)9(12)14-6-4-2/h7H,3-6H2,1-2H3. The highest BCUT2D eigenvalue weighted by Gasteiger charge is 2.26. The van der Waals surface area contributed by atoms with Crippen molar-refractivity contribution in [3.05, 3.63) is 0 Å². The van der Waals surface area contributed by atoms with Gasteiger partial charge in [-0.1, -0.05) is 25.4 Å². The Balaban J connectivity index is 3.85. The smallest absolute Gasteiger partial charge is 0.335 e. The number of ether oxygens (including phenoxy) is 2. The molecule has 0 heterocycles. The molecule has 0 radical (unpaired) electrons. The second-order valence-electron chi connectivity index (χ2n) is 2.70. The summed E-state index contributed by atoms with van der Waals surface area (Å²) < 4.78 is 9.36. The molecule has 0 aliphatic heterocycles. The van der Waals surface area contributed by atoms with E-state index in [0.717, 1.165) is 0 Å². The molecule has 82 valence electrons. The molecule has 0 spiro atoms. The van der Waals surface area contributed by atoms with Gasteiger partial charge in [-0.15, -0.1) is 0 Å². The van der Waals surface area contributed by atoms with Crippen molar-refractivity contribution >= 4 is 23.5 Å². The molecule has 0 saturated heterocycles. The molecule has 0 atom stereocenters. The quantitative estimate of drug-likeness (QED) is 0.388. The van der Waals surface area contributed by atoms with Crippen molar-refractivity contribution in [2.45, 2.75) is 32.1 Å². The lowest BCUT2D eigenvalue weighted by Gasteiger charge is -2.08. The molecule has 0 N–H and O–H groups in total. The van der Waals surface area contributed by atoms with Crippen LogP contribution in [0.15, 0.2) is 0 Å². The summed E-state index contributed by atoms with van der Waals surface area (Å²) in [5.41, 5.74) is 0. The number of rotatable bonds is 6. The number of carbonyl (C=O) groups excluding carboxylic acids is 2. The Morgan fingerprint density at radius 1 is 1.07 bits per heavy atom. The van der Waals surface area contributed by atoms with Gasteiger partial charge in [0.2, 0.25) is 5.38 Å². The average molecular weight is 223 g/mol. The first-order valence-corrected chi connectivity index (χ1v) is 5.04. The SMILES string of the molecule is CCCOC(=O)C(Cl)C(=O)OCCC. The number of hydrogen-bond donors (Lipinski definition) is 0. The van der Waals surface area contributed by atoms with Gasteiger partial charge in [0.1, 0.15) is 0 Å². The number of hydrogen-bond acceptors (Lipinski definition) is 4. The van der Waals surface area contributed by atoms with Gasteiger partial charge in [0, 0.05) is 0 Å². The summed E-state index contributed by atoms with van der Waals surface area (Å²) in [5, 5.41) is -1.34. The van der Waals surface area contributed by atoms with E-state index in [1.165, 1.54) is 0 Å². The molecule has 0 aromatic heterocycles. The van der Waals surface area contributed by atoms with Gasteiger partial charge in [0.05, 0.1) is 13.2 Å². The first-order chi connectivity index (χ1) is 6.63. The Hall–Kier alpha value is -0.770. The third-order valence-corrected chi connectivity index (χ3v) is 1.67. The van der Waals surface area contributed by atoms with Crippen molar-refractivity contribution in [3.63, 3.8) is 0 Å². The number of halogens is 1. The van der Waals surface area contributed by atoms with Crippen LogP contribution in [0.3, 0.4) is 0 Å². The van der Waals surface area contributed by atoms with Crippen LogP contribution in [0.2, 0.25) is 0 Å². The Labute approximate surface area is 88.5 Å². The molecule has 0 saturated carbocycles. The highest BCUT2D eigenvalue weighted by molar-refractivity contribution is 6.39. The van der Waals surface area contributed by atoms with E-state index in [0.29, 0.717) is 12.8 Å². The zero-order valence-electron chi connectivity index (χ0n) is 8.42. The normalized spacial score (nSPS) is 10.0. The van der Waals surface area contributed by atoms with Gasteiger partial charge >= 0.3 is 11.9 Å². The molecule has 4 nitrogen and oxygen atoms in total. The van der Waals surface area contributed by atoms with E-state index < -0.39 is 17.3 Å². The lowest BCUT2D eigenvalue weighted by atomic mass is 10.4. The van der Waals surface area contributed by atoms with E-state index in [-0.39, 0.29) is 13.2 Å². The highest BCUT2D eigenvalue weighted by Crippen LogP contribution is 2.03. The van der Waals surface area contributed by atoms with Gasteiger partial charge in [-0.05, 0) is 12.8 Å². The highest BCUT2D eigenvalue weighted by atomic mass is 35.5. The maximum absolute atomic E-state index is 11.1. The fourth-order valence-corrected chi connectivity index (χ4v) is 0.774. The molecule has 0 aromatic rings. The van der Waals surface area contributed by atoms with Crippen LogP contribution in [0.5, 0.6) is 0 Å². The van der Waals surface area contributed by atoms with Gasteiger partial charge in [-0.25, -0.2) is 9.59 Å². The fourth-order valence-electron chi connectivity index (χ4n) is 0.648. The molecule has 0 bridgehead atoms. The number of alkyl halides is 1. The van der Waals surface area contributed by atoms with E-state index in [1.807, 2.05) is 13.8 Å². The molecule has 14 heavy (non-hydrogen) atoms. The Morgan fingerprint density at radius 3 is 1.71 bits per heavy atom. The number of carbonyl (C=O) groups is 2. The van der Waals surface area contributed by atoms with E-state index in [2.05, 4.69) is 9.47 Å². The Morgan fingerprint density at radius 2 is 1.43 bits per heavy atom. The summed E-state index contributed by atoms with van der Waals surface area (Å²) >= 11 is 5.50. The van der Waals surface area contributed by atoms with E-state index in [1.54, 1.807) is 0 Å². The molecule has 0 rings (SSSR count). The minimum atomic E-state index is -1.34. The van der Waals surface area contributed by atoms with Crippen molar-refractivity contribution in [2.75, 3.05) is 13.2 Å². The minimum Gasteiger partial charge on any atom is -0.464 e. The van der Waals surface area contributed by atoms with Gasteiger partial charge < -0.3 is 9.47 Å². The van der Waals surface area contributed by atoms with E-state index in [9.17, 15) is 9.59 Å². The molecule has 5 heteroatoms. The summed E-state index contributed by atoms with van der Waals surface area (Å²) in [7, 11) is 0. The second-order valence-corrected chi connectivity index (χ2v) is 3.13. The lowest BCUT2D eigenvalue weighted by molar-refractivity contribution is -0.153. The Bertz CT molecular complexity index is 173. The third kappa shape index (κ3) is 5.07. The van der Waals surface area contributed by atoms with E-state index in [4.69, 9.17) is 11.6 Å². The van der Waals surface area contributed by atoms with Crippen molar-refractivity contribution in [3.8, 4) is 0 Å². The first kappa shape index (κ1) is 13.2. The van der Waals surface area contributed by atoms with Crippen LogP contribution >= 0.6 is 11.6 Å². The van der Waals surface area contributed by atoms with Crippen LogP contribution in [0.25, 0.3) is 0 Å². The van der Waals surface area contributed by atoms with Crippen LogP contribution in [0.4, 0.5) is 0 Å². The molecule has 0 aliphatic rings. The molecule has 0 aliphatic carbocycles. The molecule has 0 amide bonds. The Kier molecular flexibility index (Phi) is 7.20. The minimum absolute atomic E-state index is 0.267. The van der Waals surface area contributed by atoms with Crippen molar-refractivity contribution in [1.29, 1.82) is 0 Å². The summed E-state index contributed by atoms with van der Waals surface area (Å²) in [5.74, 6) is -1.48. The maximum atomic E-state index is 11.1. The van der Waals surface area contributed by atoms with Crippen molar-refractivity contribution < 1.29 is 19.1 Å². The predicted molar refractivity (Wildman–Crippen MR) is 52.1 cm³/mol. The van der Waals surface area contributed by atoms with E-state index >= 15 is 0 Å². The summed E-state index contributed by atoms with van der Waals surface area (Å²) in [6.07, 6.45) is 1.39. The van der Waals surface area contributed by atoms with Crippen LogP contribution in [0.1, 0.15) is 26.7 Å². The first-order valence-electron chi connectivity index (χ1n) is 4.60. The zero-order chi connectivity index (χ0) is 11.0. The van der Waals surface area contributed by atoms with Gasteiger partial charge in [0.25, 0.3) is 0 Å². The van der Waals surface area contributed by atoms with Crippen LogP contribution in [0, 0.1) is 0 Å². The summed E-state index contributed by atoms with van der Waals surface area (Å²) in [4.78, 5) is 22.1. The topological polar surface area (TPSA) is 52.6 Å². The third-order valence-electron chi connectivity index (χ3n) is 1.31. The zero-order valence-corrected chi connectivity index (χ0v) is 9.17. The molecule has 0 fully saturated rings. The molecule has 0 aromatic carbocycles. The van der Waals surface area contributed by atoms with Crippen molar-refractivity contribution in [2.24, 2.45) is 0 Å². The largest absolute Gasteiger partial charge is 0.464 e. The van der Waals surface area contributed by atoms with Crippen LogP contribution < -0.4 is 0 Å². The van der Waals surface area contributed by atoms with Gasteiger partial charge in [0.15, 0.2) is 0 Å². The van der Waals surface area contributed by atoms with Gasteiger partial charge in [-0.3, -0.25) is 0 Å². The molecule has 0 unspecified atom stereocenters. The molecular weight excluding hydrogens is 208 g/mol. The summed E-state index contributed by atoms with van der Waals surface area (Å²) in [6.45, 7) is 4.24. The predicted octanol–water partition coefficient (Wildman–Crippen LogP) is 1.50. The fraction of sp³-hybridized carbons (Fsp3) is 0.778. The monoisotopic (exact) mass is 222 g/mol. The van der Waals surface area contributed by atoms with Crippen molar-refractivity contribution in [1.82, 2.24) is 0 Å². The van der Waals surface area contributed by atoms with Crippen LogP contribution in [-0.4, -0.2) is 30.5 Å². The summed E-state index contributed by atoms with van der Waals surface area (Å²) in [6, 6.07) is 0. The number of esters is 2. The maximum Gasteiger partial charge on any atom is 0.335 e. The lowest BCUT2D eigenvalue weighted by Crippen LogP contribution is -2.29. The second kappa shape index (κ2) is 7.62. The van der Waals surface area contributed by atoms with Gasteiger partial charge in [-0.2, -0.15) is 0 Å².